The van der Waals surface area contributed by atoms with Crippen molar-refractivity contribution in [3.8, 4) is 6.07 Å². The van der Waals surface area contributed by atoms with Gasteiger partial charge in [0.05, 0.1) is 4.88 Å². The summed E-state index contributed by atoms with van der Waals surface area (Å²) in [4.78, 5) is 16.6. The Hall–Kier alpha value is -2.39. The van der Waals surface area contributed by atoms with E-state index in [9.17, 15) is 4.79 Å². The van der Waals surface area contributed by atoms with E-state index in [1.54, 1.807) is 6.07 Å². The molecule has 108 valence electrons. The molecule has 0 spiro atoms. The third-order valence-electron chi connectivity index (χ3n) is 2.89. The quantitative estimate of drug-likeness (QED) is 0.804. The van der Waals surface area contributed by atoms with Crippen LogP contribution in [0.25, 0.3) is 0 Å². The standard InChI is InChI=1S/C15H16N4OS/c1-11-5-6-14(19-12(11)10-16)17-7-3-8-18-15(20)13-4-2-9-21-13/h2,4-6,9H,3,7-8H2,1H3,(H,17,19)(H,18,20). The first-order valence-electron chi connectivity index (χ1n) is 6.64. The van der Waals surface area contributed by atoms with Crippen molar-refractivity contribution in [3.05, 3.63) is 45.8 Å². The Morgan fingerprint density at radius 3 is 2.95 bits per heavy atom. The predicted octanol–water partition coefficient (Wildman–Crippen LogP) is 2.56. The van der Waals surface area contributed by atoms with Crippen LogP contribution in [0.1, 0.15) is 27.3 Å². The van der Waals surface area contributed by atoms with Crippen LogP contribution in [0.2, 0.25) is 0 Å². The molecule has 5 nitrogen and oxygen atoms in total. The van der Waals surface area contributed by atoms with Gasteiger partial charge in [0.1, 0.15) is 17.6 Å². The molecule has 6 heteroatoms. The van der Waals surface area contributed by atoms with Gasteiger partial charge in [-0.25, -0.2) is 4.98 Å². The highest BCUT2D eigenvalue weighted by molar-refractivity contribution is 7.12. The molecule has 0 atom stereocenters. The average molecular weight is 300 g/mol. The Morgan fingerprint density at radius 2 is 2.24 bits per heavy atom. The van der Waals surface area contributed by atoms with E-state index in [0.29, 0.717) is 24.6 Å². The molecule has 0 bridgehead atoms. The molecule has 0 saturated heterocycles. The molecule has 0 aliphatic heterocycles. The Morgan fingerprint density at radius 1 is 1.38 bits per heavy atom. The highest BCUT2D eigenvalue weighted by Gasteiger charge is 2.05. The van der Waals surface area contributed by atoms with Gasteiger partial charge in [0.15, 0.2) is 0 Å². The molecule has 2 N–H and O–H groups in total. The predicted molar refractivity (Wildman–Crippen MR) is 83.4 cm³/mol. The normalized spacial score (nSPS) is 9.90. The van der Waals surface area contributed by atoms with Gasteiger partial charge in [-0.3, -0.25) is 4.79 Å². The van der Waals surface area contributed by atoms with Crippen LogP contribution in [0.15, 0.2) is 29.6 Å². The first-order valence-corrected chi connectivity index (χ1v) is 7.52. The molecule has 0 aromatic carbocycles. The summed E-state index contributed by atoms with van der Waals surface area (Å²) in [5.74, 6) is 0.645. The van der Waals surface area contributed by atoms with Crippen LogP contribution in [-0.2, 0) is 0 Å². The lowest BCUT2D eigenvalue weighted by Crippen LogP contribution is -2.25. The van der Waals surface area contributed by atoms with E-state index in [4.69, 9.17) is 5.26 Å². The van der Waals surface area contributed by atoms with E-state index in [1.165, 1.54) is 11.3 Å². The van der Waals surface area contributed by atoms with E-state index < -0.39 is 0 Å². The fraction of sp³-hybridized carbons (Fsp3) is 0.267. The lowest BCUT2D eigenvalue weighted by molar-refractivity contribution is 0.0957. The molecule has 2 heterocycles. The van der Waals surface area contributed by atoms with Gasteiger partial charge < -0.3 is 10.6 Å². The molecule has 2 aromatic rings. The van der Waals surface area contributed by atoms with Crippen molar-refractivity contribution in [2.24, 2.45) is 0 Å². The zero-order valence-corrected chi connectivity index (χ0v) is 12.5. The maximum Gasteiger partial charge on any atom is 0.261 e. The maximum atomic E-state index is 11.7. The van der Waals surface area contributed by atoms with Gasteiger partial charge in [0, 0.05) is 13.1 Å². The molecular weight excluding hydrogens is 284 g/mol. The number of hydrogen-bond acceptors (Lipinski definition) is 5. The second kappa shape index (κ2) is 7.41. The maximum absolute atomic E-state index is 11.7. The average Bonchev–Trinajstić information content (AvgIpc) is 3.02. The summed E-state index contributed by atoms with van der Waals surface area (Å²) in [6.45, 7) is 3.14. The number of pyridine rings is 1. The van der Waals surface area contributed by atoms with Crippen molar-refractivity contribution in [1.82, 2.24) is 10.3 Å². The van der Waals surface area contributed by atoms with Crippen LogP contribution in [0.5, 0.6) is 0 Å². The van der Waals surface area contributed by atoms with Gasteiger partial charge in [-0.15, -0.1) is 11.3 Å². The molecule has 1 amide bonds. The summed E-state index contributed by atoms with van der Waals surface area (Å²) in [7, 11) is 0. The number of nitrogens with one attached hydrogen (secondary N) is 2. The number of nitrogens with zero attached hydrogens (tertiary/aromatic N) is 2. The summed E-state index contributed by atoms with van der Waals surface area (Å²) in [5.41, 5.74) is 1.30. The molecule has 0 aliphatic carbocycles. The van der Waals surface area contributed by atoms with Crippen molar-refractivity contribution in [2.45, 2.75) is 13.3 Å². The zero-order chi connectivity index (χ0) is 15.1. The van der Waals surface area contributed by atoms with Crippen molar-refractivity contribution in [1.29, 1.82) is 5.26 Å². The monoisotopic (exact) mass is 300 g/mol. The summed E-state index contributed by atoms with van der Waals surface area (Å²) in [5, 5.41) is 16.8. The lowest BCUT2D eigenvalue weighted by atomic mass is 10.2. The minimum absolute atomic E-state index is 0.0368. The van der Waals surface area contributed by atoms with E-state index in [2.05, 4.69) is 21.7 Å². The fourth-order valence-corrected chi connectivity index (χ4v) is 2.38. The minimum atomic E-state index is -0.0368. The summed E-state index contributed by atoms with van der Waals surface area (Å²) in [6.07, 6.45) is 0.786. The molecule has 0 fully saturated rings. The molecule has 0 radical (unpaired) electrons. The number of amides is 1. The Balaban J connectivity index is 1.71. The highest BCUT2D eigenvalue weighted by Crippen LogP contribution is 2.09. The van der Waals surface area contributed by atoms with Gasteiger partial charge in [-0.05, 0) is 36.4 Å². The number of carbonyl (C=O) groups excluding carboxylic acids is 1. The van der Waals surface area contributed by atoms with Crippen molar-refractivity contribution in [2.75, 3.05) is 18.4 Å². The van der Waals surface area contributed by atoms with E-state index in [0.717, 1.165) is 16.9 Å². The van der Waals surface area contributed by atoms with Crippen LogP contribution < -0.4 is 10.6 Å². The van der Waals surface area contributed by atoms with Crippen LogP contribution in [0, 0.1) is 18.3 Å². The first-order chi connectivity index (χ1) is 10.2. The third kappa shape index (κ3) is 4.29. The number of anilines is 1. The number of aromatic nitrogens is 1. The molecular formula is C15H16N4OS. The van der Waals surface area contributed by atoms with Crippen molar-refractivity contribution < 1.29 is 4.79 Å². The second-order valence-corrected chi connectivity index (χ2v) is 5.44. The summed E-state index contributed by atoms with van der Waals surface area (Å²) in [6, 6.07) is 9.44. The topological polar surface area (TPSA) is 77.8 Å². The van der Waals surface area contributed by atoms with Crippen LogP contribution in [-0.4, -0.2) is 24.0 Å². The Labute approximate surface area is 127 Å². The smallest absolute Gasteiger partial charge is 0.261 e. The summed E-state index contributed by atoms with van der Waals surface area (Å²) >= 11 is 1.43. The molecule has 21 heavy (non-hydrogen) atoms. The van der Waals surface area contributed by atoms with Gasteiger partial charge in [0.2, 0.25) is 0 Å². The third-order valence-corrected chi connectivity index (χ3v) is 3.76. The highest BCUT2D eigenvalue weighted by atomic mass is 32.1. The van der Waals surface area contributed by atoms with Gasteiger partial charge in [-0.2, -0.15) is 5.26 Å². The van der Waals surface area contributed by atoms with E-state index in [-0.39, 0.29) is 5.91 Å². The van der Waals surface area contributed by atoms with Crippen LogP contribution in [0.3, 0.4) is 0 Å². The van der Waals surface area contributed by atoms with E-state index >= 15 is 0 Å². The number of rotatable bonds is 6. The van der Waals surface area contributed by atoms with Gasteiger partial charge >= 0.3 is 0 Å². The minimum Gasteiger partial charge on any atom is -0.370 e. The van der Waals surface area contributed by atoms with Gasteiger partial charge in [0.25, 0.3) is 5.91 Å². The Kier molecular flexibility index (Phi) is 5.29. The molecule has 2 aromatic heterocycles. The van der Waals surface area contributed by atoms with Gasteiger partial charge in [-0.1, -0.05) is 12.1 Å². The second-order valence-electron chi connectivity index (χ2n) is 4.49. The molecule has 0 unspecified atom stereocenters. The van der Waals surface area contributed by atoms with Crippen molar-refractivity contribution in [3.63, 3.8) is 0 Å². The largest absolute Gasteiger partial charge is 0.370 e. The number of nitriles is 1. The van der Waals surface area contributed by atoms with Crippen LogP contribution >= 0.6 is 11.3 Å². The molecule has 0 aliphatic rings. The number of hydrogen-bond donors (Lipinski definition) is 2. The zero-order valence-electron chi connectivity index (χ0n) is 11.7. The number of aryl methyl sites for hydroxylation is 1. The fourth-order valence-electron chi connectivity index (χ4n) is 1.74. The lowest BCUT2D eigenvalue weighted by Gasteiger charge is -2.07. The van der Waals surface area contributed by atoms with E-state index in [1.807, 2.05) is 30.5 Å². The number of carbonyl (C=O) groups is 1. The number of thiophene rings is 1. The molecule has 2 rings (SSSR count). The summed E-state index contributed by atoms with van der Waals surface area (Å²) < 4.78 is 0. The first kappa shape index (κ1) is 15.0. The Bertz CT molecular complexity index is 646. The van der Waals surface area contributed by atoms with Crippen LogP contribution in [0.4, 0.5) is 5.82 Å². The SMILES string of the molecule is Cc1ccc(NCCCNC(=O)c2cccs2)nc1C#N. The van der Waals surface area contributed by atoms with Crippen molar-refractivity contribution >= 4 is 23.1 Å². The molecule has 0 saturated carbocycles.